The monoisotopic (exact) mass is 284 g/mol. The number of carbonyl (C=O) groups excluding carboxylic acids is 1. The van der Waals surface area contributed by atoms with Crippen LogP contribution in [0.5, 0.6) is 0 Å². The summed E-state index contributed by atoms with van der Waals surface area (Å²) in [4.78, 5) is 25.8. The van der Waals surface area contributed by atoms with Gasteiger partial charge in [0.05, 0.1) is 5.41 Å². The van der Waals surface area contributed by atoms with Gasteiger partial charge in [-0.05, 0) is 38.8 Å². The number of nitrogens with one attached hydrogen (secondary N) is 1. The Morgan fingerprint density at radius 1 is 1.45 bits per heavy atom. The van der Waals surface area contributed by atoms with E-state index < -0.39 is 11.4 Å². The summed E-state index contributed by atoms with van der Waals surface area (Å²) >= 11 is 0. The molecule has 116 valence electrons. The normalized spacial score (nSPS) is 22.8. The Balaban J connectivity index is 2.49. The van der Waals surface area contributed by atoms with Gasteiger partial charge >= 0.3 is 5.97 Å². The topological polar surface area (TPSA) is 69.6 Å². The maximum absolute atomic E-state index is 12.0. The summed E-state index contributed by atoms with van der Waals surface area (Å²) in [6.07, 6.45) is 2.32. The summed E-state index contributed by atoms with van der Waals surface area (Å²) in [5.41, 5.74) is -0.996. The Labute approximate surface area is 121 Å². The third-order valence-corrected chi connectivity index (χ3v) is 4.73. The predicted molar refractivity (Wildman–Crippen MR) is 78.5 cm³/mol. The van der Waals surface area contributed by atoms with Gasteiger partial charge in [-0.15, -0.1) is 0 Å². The number of nitrogens with zero attached hydrogens (tertiary/aromatic N) is 1. The zero-order chi connectivity index (χ0) is 15.3. The number of rotatable bonds is 7. The summed E-state index contributed by atoms with van der Waals surface area (Å²) in [6.45, 7) is 10.2. The average molecular weight is 284 g/mol. The molecule has 20 heavy (non-hydrogen) atoms. The maximum Gasteiger partial charge on any atom is 0.310 e. The number of likely N-dealkylation sites (N-methyl/N-ethyl adjacent to an activating group) is 1. The molecule has 0 saturated carbocycles. The molecule has 2 unspecified atom stereocenters. The highest BCUT2D eigenvalue weighted by Crippen LogP contribution is 2.31. The number of carboxylic acids is 1. The molecule has 0 spiro atoms. The summed E-state index contributed by atoms with van der Waals surface area (Å²) in [5, 5.41) is 12.2. The van der Waals surface area contributed by atoms with Gasteiger partial charge in [-0.1, -0.05) is 20.8 Å². The van der Waals surface area contributed by atoms with Gasteiger partial charge in [0, 0.05) is 19.0 Å². The molecule has 1 heterocycles. The number of hydrogen-bond acceptors (Lipinski definition) is 3. The van der Waals surface area contributed by atoms with Crippen molar-refractivity contribution in [1.29, 1.82) is 0 Å². The number of carboxylic acid groups (broad SMARTS) is 1. The number of likely N-dealkylation sites (tertiary alicyclic amines) is 1. The summed E-state index contributed by atoms with van der Waals surface area (Å²) in [5.74, 6) is -1.14. The van der Waals surface area contributed by atoms with Gasteiger partial charge < -0.3 is 10.4 Å². The zero-order valence-corrected chi connectivity index (χ0v) is 13.1. The van der Waals surface area contributed by atoms with E-state index in [-0.39, 0.29) is 18.2 Å². The zero-order valence-electron chi connectivity index (χ0n) is 13.1. The minimum Gasteiger partial charge on any atom is -0.481 e. The van der Waals surface area contributed by atoms with Crippen LogP contribution in [0.3, 0.4) is 0 Å². The predicted octanol–water partition coefficient (Wildman–Crippen LogP) is 1.72. The van der Waals surface area contributed by atoms with E-state index in [4.69, 9.17) is 0 Å². The van der Waals surface area contributed by atoms with Gasteiger partial charge in [-0.25, -0.2) is 0 Å². The largest absolute Gasteiger partial charge is 0.481 e. The molecule has 0 aromatic heterocycles. The van der Waals surface area contributed by atoms with Crippen molar-refractivity contribution in [2.75, 3.05) is 19.6 Å². The summed E-state index contributed by atoms with van der Waals surface area (Å²) in [7, 11) is 0. The Morgan fingerprint density at radius 3 is 2.60 bits per heavy atom. The van der Waals surface area contributed by atoms with Crippen molar-refractivity contribution in [3.05, 3.63) is 0 Å². The third kappa shape index (κ3) is 3.95. The van der Waals surface area contributed by atoms with Gasteiger partial charge in [-0.3, -0.25) is 14.5 Å². The van der Waals surface area contributed by atoms with E-state index in [9.17, 15) is 14.7 Å². The fourth-order valence-corrected chi connectivity index (χ4v) is 2.70. The lowest BCUT2D eigenvalue weighted by molar-refractivity contribution is -0.153. The first-order valence-corrected chi connectivity index (χ1v) is 7.55. The van der Waals surface area contributed by atoms with Crippen LogP contribution >= 0.6 is 0 Å². The van der Waals surface area contributed by atoms with E-state index in [1.165, 1.54) is 6.42 Å². The lowest BCUT2D eigenvalue weighted by Gasteiger charge is -2.29. The van der Waals surface area contributed by atoms with Crippen LogP contribution in [-0.4, -0.2) is 47.6 Å². The fraction of sp³-hybridized carbons (Fsp3) is 0.867. The van der Waals surface area contributed by atoms with Crippen molar-refractivity contribution in [2.45, 2.75) is 53.0 Å². The first kappa shape index (κ1) is 17.0. The Bertz CT molecular complexity index is 357. The molecule has 1 aliphatic heterocycles. The van der Waals surface area contributed by atoms with Gasteiger partial charge in [0.25, 0.3) is 0 Å². The van der Waals surface area contributed by atoms with Crippen LogP contribution in [0, 0.1) is 11.3 Å². The molecular formula is C15H28N2O3. The van der Waals surface area contributed by atoms with Crippen molar-refractivity contribution in [1.82, 2.24) is 10.2 Å². The number of aliphatic carboxylic acids is 1. The minimum atomic E-state index is -0.996. The molecule has 0 aromatic carbocycles. The highest BCUT2D eigenvalue weighted by Gasteiger charge is 2.38. The smallest absolute Gasteiger partial charge is 0.310 e. The molecule has 1 rings (SSSR count). The van der Waals surface area contributed by atoms with E-state index in [2.05, 4.69) is 17.1 Å². The van der Waals surface area contributed by atoms with Crippen molar-refractivity contribution in [3.63, 3.8) is 0 Å². The second kappa shape index (κ2) is 7.07. The molecule has 2 N–H and O–H groups in total. The number of amides is 1. The van der Waals surface area contributed by atoms with Crippen LogP contribution in [-0.2, 0) is 9.59 Å². The third-order valence-electron chi connectivity index (χ3n) is 4.73. The lowest BCUT2D eigenvalue weighted by atomic mass is 9.76. The maximum atomic E-state index is 12.0. The summed E-state index contributed by atoms with van der Waals surface area (Å²) in [6, 6.07) is 0.402. The molecule has 0 radical (unpaired) electrons. The number of carbonyl (C=O) groups is 2. The van der Waals surface area contributed by atoms with Crippen LogP contribution in [0.15, 0.2) is 0 Å². The van der Waals surface area contributed by atoms with Crippen LogP contribution in [0.2, 0.25) is 0 Å². The fourth-order valence-electron chi connectivity index (χ4n) is 2.70. The van der Waals surface area contributed by atoms with E-state index in [1.54, 1.807) is 6.92 Å². The molecule has 0 aliphatic carbocycles. The number of hydrogen-bond donors (Lipinski definition) is 2. The first-order valence-electron chi connectivity index (χ1n) is 7.55. The Morgan fingerprint density at radius 2 is 2.10 bits per heavy atom. The van der Waals surface area contributed by atoms with Crippen LogP contribution in [0.25, 0.3) is 0 Å². The molecule has 1 fully saturated rings. The molecule has 1 aliphatic rings. The lowest BCUT2D eigenvalue weighted by Crippen LogP contribution is -2.43. The quantitative estimate of drug-likeness (QED) is 0.747. The van der Waals surface area contributed by atoms with E-state index in [0.29, 0.717) is 12.6 Å². The molecule has 1 amide bonds. The molecule has 0 aromatic rings. The molecule has 0 bridgehead atoms. The van der Waals surface area contributed by atoms with Gasteiger partial charge in [0.1, 0.15) is 0 Å². The van der Waals surface area contributed by atoms with Crippen molar-refractivity contribution in [2.24, 2.45) is 11.3 Å². The molecule has 2 atom stereocenters. The standard InChI is InChI=1S/C15H28N2O3/c1-5-17-8-6-7-12(17)10-16-13(18)9-15(4,11(2)3)14(19)20/h11-12H,5-10H2,1-4H3,(H,16,18)(H,19,20). The first-order chi connectivity index (χ1) is 9.31. The summed E-state index contributed by atoms with van der Waals surface area (Å²) < 4.78 is 0. The van der Waals surface area contributed by atoms with Crippen molar-refractivity contribution < 1.29 is 14.7 Å². The van der Waals surface area contributed by atoms with Crippen molar-refractivity contribution >= 4 is 11.9 Å². The molecular weight excluding hydrogens is 256 g/mol. The van der Waals surface area contributed by atoms with Gasteiger partial charge in [0.2, 0.25) is 5.91 Å². The second-order valence-corrected chi connectivity index (χ2v) is 6.28. The van der Waals surface area contributed by atoms with Crippen molar-refractivity contribution in [3.8, 4) is 0 Å². The average Bonchev–Trinajstić information content (AvgIpc) is 2.83. The highest BCUT2D eigenvalue weighted by molar-refractivity contribution is 5.84. The van der Waals surface area contributed by atoms with E-state index in [0.717, 1.165) is 19.5 Å². The van der Waals surface area contributed by atoms with Crippen LogP contribution in [0.1, 0.15) is 47.0 Å². The van der Waals surface area contributed by atoms with E-state index in [1.807, 2.05) is 13.8 Å². The SMILES string of the molecule is CCN1CCCC1CNC(=O)CC(C)(C(=O)O)C(C)C. The van der Waals surface area contributed by atoms with Crippen LogP contribution in [0.4, 0.5) is 0 Å². The Kier molecular flexibility index (Phi) is 5.99. The second-order valence-electron chi connectivity index (χ2n) is 6.28. The molecule has 5 nitrogen and oxygen atoms in total. The van der Waals surface area contributed by atoms with Crippen LogP contribution < -0.4 is 5.32 Å². The minimum absolute atomic E-state index is 0.0405. The Hall–Kier alpha value is -1.10. The molecule has 1 saturated heterocycles. The van der Waals surface area contributed by atoms with Gasteiger partial charge in [-0.2, -0.15) is 0 Å². The molecule has 5 heteroatoms. The van der Waals surface area contributed by atoms with Gasteiger partial charge in [0.15, 0.2) is 0 Å². The highest BCUT2D eigenvalue weighted by atomic mass is 16.4. The van der Waals surface area contributed by atoms with E-state index >= 15 is 0 Å².